The SMILES string of the molecule is S=C(NCc1ccc(-c2ccc(Cl)cc2)o1)Nc1nc(N2CCN(c3ccccc3)CC2)cc(N2Cc3ccccc3C2)n1. The molecule has 3 aromatic carbocycles. The molecule has 0 spiro atoms. The first-order valence-electron chi connectivity index (χ1n) is 14.7. The molecule has 2 N–H and O–H groups in total. The first kappa shape index (κ1) is 28.2. The van der Waals surface area contributed by atoms with E-state index in [9.17, 15) is 0 Å². The molecule has 44 heavy (non-hydrogen) atoms. The highest BCUT2D eigenvalue weighted by molar-refractivity contribution is 7.80. The van der Waals surface area contributed by atoms with E-state index in [1.165, 1.54) is 16.8 Å². The predicted octanol–water partition coefficient (Wildman–Crippen LogP) is 6.72. The van der Waals surface area contributed by atoms with Gasteiger partial charge in [0.15, 0.2) is 5.11 Å². The summed E-state index contributed by atoms with van der Waals surface area (Å²) in [6.07, 6.45) is 0. The fourth-order valence-corrected chi connectivity index (χ4v) is 5.97. The van der Waals surface area contributed by atoms with Crippen molar-refractivity contribution in [3.05, 3.63) is 119 Å². The maximum atomic E-state index is 6.03. The molecule has 2 aliphatic heterocycles. The van der Waals surface area contributed by atoms with E-state index >= 15 is 0 Å². The largest absolute Gasteiger partial charge is 0.459 e. The number of furan rings is 1. The molecule has 4 heterocycles. The number of hydrogen-bond acceptors (Lipinski definition) is 7. The van der Waals surface area contributed by atoms with Crippen LogP contribution in [0, 0.1) is 0 Å². The number of piperazine rings is 1. The number of rotatable bonds is 7. The lowest BCUT2D eigenvalue weighted by Gasteiger charge is -2.37. The average molecular weight is 622 g/mol. The van der Waals surface area contributed by atoms with Crippen LogP contribution in [0.25, 0.3) is 11.3 Å². The van der Waals surface area contributed by atoms with Gasteiger partial charge in [-0.1, -0.05) is 54.1 Å². The molecule has 2 aromatic heterocycles. The number of hydrogen-bond donors (Lipinski definition) is 2. The predicted molar refractivity (Wildman–Crippen MR) is 181 cm³/mol. The summed E-state index contributed by atoms with van der Waals surface area (Å²) in [5.74, 6) is 3.78. The summed E-state index contributed by atoms with van der Waals surface area (Å²) >= 11 is 11.7. The van der Waals surface area contributed by atoms with Gasteiger partial charge in [0.2, 0.25) is 5.95 Å². The minimum absolute atomic E-state index is 0.425. The van der Waals surface area contributed by atoms with Crippen molar-refractivity contribution in [2.24, 2.45) is 0 Å². The quantitative estimate of drug-likeness (QED) is 0.193. The minimum Gasteiger partial charge on any atom is -0.459 e. The van der Waals surface area contributed by atoms with E-state index in [2.05, 4.69) is 86.0 Å². The fourth-order valence-electron chi connectivity index (χ4n) is 5.68. The zero-order valence-electron chi connectivity index (χ0n) is 24.1. The van der Waals surface area contributed by atoms with E-state index < -0.39 is 0 Å². The molecule has 8 nitrogen and oxygen atoms in total. The van der Waals surface area contributed by atoms with Crippen LogP contribution >= 0.6 is 23.8 Å². The zero-order valence-corrected chi connectivity index (χ0v) is 25.7. The summed E-state index contributed by atoms with van der Waals surface area (Å²) in [6, 6.07) is 32.7. The van der Waals surface area contributed by atoms with Crippen LogP contribution in [-0.4, -0.2) is 41.3 Å². The van der Waals surface area contributed by atoms with Crippen molar-refractivity contribution in [2.75, 3.05) is 46.2 Å². The number of nitrogens with zero attached hydrogens (tertiary/aromatic N) is 5. The van der Waals surface area contributed by atoms with Crippen LogP contribution in [0.15, 0.2) is 101 Å². The van der Waals surface area contributed by atoms with Gasteiger partial charge in [-0.2, -0.15) is 9.97 Å². The van der Waals surface area contributed by atoms with Crippen molar-refractivity contribution in [3.63, 3.8) is 0 Å². The summed E-state index contributed by atoms with van der Waals surface area (Å²) in [5.41, 5.74) is 4.87. The molecule has 0 saturated carbocycles. The third-order valence-corrected chi connectivity index (χ3v) is 8.53. The van der Waals surface area contributed by atoms with Crippen molar-refractivity contribution in [2.45, 2.75) is 19.6 Å². The fraction of sp³-hybridized carbons (Fsp3) is 0.206. The van der Waals surface area contributed by atoms with E-state index in [1.807, 2.05) is 36.4 Å². The standard InChI is InChI=1S/C34H32ClN7OS/c35-27-12-10-24(11-13-27)30-15-14-29(43-30)21-36-34(44)39-33-37-31(41-18-16-40(17-19-41)28-8-2-1-3-9-28)20-32(38-33)42-22-25-6-4-5-7-26(25)23-42/h1-15,20H,16-19,21-23H2,(H2,36,37,38,39,44). The molecule has 222 valence electrons. The van der Waals surface area contributed by atoms with Crippen molar-refractivity contribution >= 4 is 52.2 Å². The Morgan fingerprint density at radius 2 is 1.39 bits per heavy atom. The normalized spacial score (nSPS) is 14.4. The lowest BCUT2D eigenvalue weighted by molar-refractivity contribution is 0.516. The molecule has 0 atom stereocenters. The lowest BCUT2D eigenvalue weighted by Crippen LogP contribution is -2.47. The molecule has 0 amide bonds. The number of para-hydroxylation sites is 1. The summed E-state index contributed by atoms with van der Waals surface area (Å²) < 4.78 is 6.03. The van der Waals surface area contributed by atoms with Gasteiger partial charge in [0.1, 0.15) is 23.2 Å². The molecule has 1 fully saturated rings. The number of fused-ring (bicyclic) bond motifs is 1. The third-order valence-electron chi connectivity index (χ3n) is 8.03. The number of nitrogens with one attached hydrogen (secondary N) is 2. The Morgan fingerprint density at radius 1 is 0.750 bits per heavy atom. The van der Waals surface area contributed by atoms with Crippen LogP contribution in [0.3, 0.4) is 0 Å². The Labute approximate surface area is 267 Å². The second-order valence-corrected chi connectivity index (χ2v) is 11.8. The lowest BCUT2D eigenvalue weighted by atomic mass is 10.1. The molecular formula is C34H32ClN7OS. The Balaban J connectivity index is 1.05. The summed E-state index contributed by atoms with van der Waals surface area (Å²) in [7, 11) is 0. The van der Waals surface area contributed by atoms with Crippen molar-refractivity contribution in [1.29, 1.82) is 0 Å². The second kappa shape index (κ2) is 12.6. The summed E-state index contributed by atoms with van der Waals surface area (Å²) in [4.78, 5) is 16.9. The van der Waals surface area contributed by atoms with Gasteiger partial charge in [0.25, 0.3) is 0 Å². The highest BCUT2D eigenvalue weighted by atomic mass is 35.5. The third kappa shape index (κ3) is 6.34. The van der Waals surface area contributed by atoms with E-state index in [4.69, 9.17) is 38.2 Å². The smallest absolute Gasteiger partial charge is 0.232 e. The van der Waals surface area contributed by atoms with Gasteiger partial charge in [0, 0.05) is 61.6 Å². The molecule has 0 unspecified atom stereocenters. The molecule has 2 aliphatic rings. The monoisotopic (exact) mass is 621 g/mol. The van der Waals surface area contributed by atoms with Gasteiger partial charge in [-0.3, -0.25) is 0 Å². The van der Waals surface area contributed by atoms with Crippen LogP contribution in [0.2, 0.25) is 5.02 Å². The molecule has 1 saturated heterocycles. The topological polar surface area (TPSA) is 72.7 Å². The first-order valence-corrected chi connectivity index (χ1v) is 15.5. The average Bonchev–Trinajstić information content (AvgIpc) is 3.72. The molecule has 7 rings (SSSR count). The highest BCUT2D eigenvalue weighted by Gasteiger charge is 2.24. The van der Waals surface area contributed by atoms with E-state index in [0.717, 1.165) is 68.0 Å². The van der Waals surface area contributed by atoms with Crippen LogP contribution in [0.4, 0.5) is 23.3 Å². The first-order chi connectivity index (χ1) is 21.6. The van der Waals surface area contributed by atoms with Crippen molar-refractivity contribution in [3.8, 4) is 11.3 Å². The number of thiocarbonyl (C=S) groups is 1. The molecule has 5 aromatic rings. The van der Waals surface area contributed by atoms with Crippen molar-refractivity contribution < 1.29 is 4.42 Å². The Kier molecular flexibility index (Phi) is 8.04. The maximum absolute atomic E-state index is 6.03. The number of aromatic nitrogens is 2. The van der Waals surface area contributed by atoms with Gasteiger partial charge < -0.3 is 29.8 Å². The number of anilines is 4. The van der Waals surface area contributed by atoms with E-state index in [1.54, 1.807) is 0 Å². The Hall–Kier alpha value is -4.60. The number of halogens is 1. The van der Waals surface area contributed by atoms with Gasteiger partial charge >= 0.3 is 0 Å². The van der Waals surface area contributed by atoms with Crippen LogP contribution < -0.4 is 25.3 Å². The van der Waals surface area contributed by atoms with Gasteiger partial charge in [0.05, 0.1) is 6.54 Å². The van der Waals surface area contributed by atoms with Crippen molar-refractivity contribution in [1.82, 2.24) is 15.3 Å². The summed E-state index contributed by atoms with van der Waals surface area (Å²) in [6.45, 7) is 5.61. The molecule has 10 heteroatoms. The molecule has 0 radical (unpaired) electrons. The van der Waals surface area contributed by atoms with Gasteiger partial charge in [-0.15, -0.1) is 0 Å². The summed E-state index contributed by atoms with van der Waals surface area (Å²) in [5, 5.41) is 7.59. The molecular weight excluding hydrogens is 590 g/mol. The molecule has 0 aliphatic carbocycles. The van der Waals surface area contributed by atoms with E-state index in [-0.39, 0.29) is 0 Å². The highest BCUT2D eigenvalue weighted by Crippen LogP contribution is 2.30. The molecule has 0 bridgehead atoms. The Bertz CT molecular complexity index is 1730. The second-order valence-electron chi connectivity index (χ2n) is 10.9. The van der Waals surface area contributed by atoms with Gasteiger partial charge in [-0.05, 0) is 71.9 Å². The van der Waals surface area contributed by atoms with Crippen LogP contribution in [0.1, 0.15) is 16.9 Å². The van der Waals surface area contributed by atoms with Gasteiger partial charge in [-0.25, -0.2) is 0 Å². The number of benzene rings is 3. The van der Waals surface area contributed by atoms with Crippen LogP contribution in [-0.2, 0) is 19.6 Å². The Morgan fingerprint density at radius 3 is 2.09 bits per heavy atom. The minimum atomic E-state index is 0.425. The zero-order chi connectivity index (χ0) is 29.9. The van der Waals surface area contributed by atoms with Crippen LogP contribution in [0.5, 0.6) is 0 Å². The maximum Gasteiger partial charge on any atom is 0.232 e. The van der Waals surface area contributed by atoms with E-state index in [0.29, 0.717) is 22.6 Å².